The Morgan fingerprint density at radius 3 is 2.06 bits per heavy atom. The minimum atomic E-state index is 0.114. The van der Waals surface area contributed by atoms with Gasteiger partial charge < -0.3 is 0 Å². The molecular weight excluding hydrogens is 208 g/mol. The van der Waals surface area contributed by atoms with Crippen molar-refractivity contribution in [3.8, 4) is 11.1 Å². The van der Waals surface area contributed by atoms with E-state index < -0.39 is 0 Å². The summed E-state index contributed by atoms with van der Waals surface area (Å²) in [5.41, 5.74) is 5.43. The van der Waals surface area contributed by atoms with Gasteiger partial charge in [-0.05, 0) is 43.0 Å². The zero-order valence-corrected chi connectivity index (χ0v) is 10.4. The largest absolute Gasteiger partial charge is 0.294 e. The van der Waals surface area contributed by atoms with Crippen molar-refractivity contribution in [2.45, 2.75) is 20.8 Å². The molecule has 0 saturated carbocycles. The van der Waals surface area contributed by atoms with Gasteiger partial charge in [-0.15, -0.1) is 0 Å². The fraction of sp³-hybridized carbons (Fsp3) is 0.188. The van der Waals surface area contributed by atoms with Gasteiger partial charge in [-0.25, -0.2) is 0 Å². The van der Waals surface area contributed by atoms with Gasteiger partial charge in [0.1, 0.15) is 0 Å². The summed E-state index contributed by atoms with van der Waals surface area (Å²) in [6, 6.07) is 14.0. The molecule has 2 rings (SSSR count). The van der Waals surface area contributed by atoms with Gasteiger partial charge in [0.05, 0.1) is 0 Å². The molecule has 17 heavy (non-hydrogen) atoms. The zero-order valence-electron chi connectivity index (χ0n) is 10.4. The molecule has 0 radical (unpaired) electrons. The summed E-state index contributed by atoms with van der Waals surface area (Å²) in [6.07, 6.45) is 0. The van der Waals surface area contributed by atoms with E-state index in [-0.39, 0.29) is 5.78 Å². The number of hydrogen-bond donors (Lipinski definition) is 0. The number of aryl methyl sites for hydroxylation is 2. The molecule has 0 unspecified atom stereocenters. The topological polar surface area (TPSA) is 17.1 Å². The molecule has 0 aliphatic heterocycles. The van der Waals surface area contributed by atoms with Gasteiger partial charge in [0, 0.05) is 5.56 Å². The predicted octanol–water partition coefficient (Wildman–Crippen LogP) is 4.17. The van der Waals surface area contributed by atoms with Crippen LogP contribution in [0, 0.1) is 13.8 Å². The normalized spacial score (nSPS) is 10.3. The Labute approximate surface area is 102 Å². The number of Topliss-reactive ketones (excluding diaryl/α,β-unsaturated/α-hetero) is 1. The SMILES string of the molecule is CC(=O)c1ccccc1-c1c(C)cccc1C. The molecule has 0 aliphatic carbocycles. The molecule has 0 amide bonds. The first-order valence-corrected chi connectivity index (χ1v) is 5.78. The third kappa shape index (κ3) is 2.14. The van der Waals surface area contributed by atoms with Crippen molar-refractivity contribution in [3.05, 3.63) is 59.2 Å². The molecule has 0 heterocycles. The van der Waals surface area contributed by atoms with Crippen molar-refractivity contribution >= 4 is 5.78 Å². The van der Waals surface area contributed by atoms with Gasteiger partial charge in [0.15, 0.2) is 5.78 Å². The van der Waals surface area contributed by atoms with Crippen LogP contribution in [0.1, 0.15) is 28.4 Å². The third-order valence-electron chi connectivity index (χ3n) is 3.06. The number of carbonyl (C=O) groups excluding carboxylic acids is 1. The number of ketones is 1. The molecule has 0 atom stereocenters. The Morgan fingerprint density at radius 2 is 1.47 bits per heavy atom. The first-order valence-electron chi connectivity index (χ1n) is 5.78. The number of rotatable bonds is 2. The lowest BCUT2D eigenvalue weighted by Crippen LogP contribution is -1.98. The molecule has 0 N–H and O–H groups in total. The molecule has 0 fully saturated rings. The summed E-state index contributed by atoms with van der Waals surface area (Å²) in [5, 5.41) is 0. The maximum Gasteiger partial charge on any atom is 0.160 e. The van der Waals surface area contributed by atoms with Gasteiger partial charge >= 0.3 is 0 Å². The molecule has 0 saturated heterocycles. The Morgan fingerprint density at radius 1 is 0.882 bits per heavy atom. The van der Waals surface area contributed by atoms with Gasteiger partial charge in [0.25, 0.3) is 0 Å². The van der Waals surface area contributed by atoms with Crippen LogP contribution >= 0.6 is 0 Å². The van der Waals surface area contributed by atoms with Crippen molar-refractivity contribution in [2.75, 3.05) is 0 Å². The molecule has 2 aromatic rings. The lowest BCUT2D eigenvalue weighted by Gasteiger charge is -2.12. The molecule has 0 aromatic heterocycles. The van der Waals surface area contributed by atoms with E-state index in [4.69, 9.17) is 0 Å². The minimum absolute atomic E-state index is 0.114. The highest BCUT2D eigenvalue weighted by Crippen LogP contribution is 2.30. The van der Waals surface area contributed by atoms with Crippen molar-refractivity contribution in [1.82, 2.24) is 0 Å². The fourth-order valence-corrected chi connectivity index (χ4v) is 2.25. The average molecular weight is 224 g/mol. The van der Waals surface area contributed by atoms with Crippen LogP contribution < -0.4 is 0 Å². The van der Waals surface area contributed by atoms with E-state index in [1.165, 1.54) is 16.7 Å². The molecule has 0 aliphatic rings. The molecule has 0 bridgehead atoms. The van der Waals surface area contributed by atoms with Crippen molar-refractivity contribution in [3.63, 3.8) is 0 Å². The van der Waals surface area contributed by atoms with E-state index in [0.29, 0.717) is 0 Å². The molecule has 1 heteroatoms. The van der Waals surface area contributed by atoms with Crippen LogP contribution in [0.4, 0.5) is 0 Å². The summed E-state index contributed by atoms with van der Waals surface area (Å²) in [7, 11) is 0. The van der Waals surface area contributed by atoms with Crippen LogP contribution in [0.15, 0.2) is 42.5 Å². The standard InChI is InChI=1S/C16H16O/c1-11-7-6-8-12(2)16(11)15-10-5-4-9-14(15)13(3)17/h4-10H,1-3H3. The van der Waals surface area contributed by atoms with E-state index in [0.717, 1.165) is 11.1 Å². The molecule has 2 aromatic carbocycles. The van der Waals surface area contributed by atoms with E-state index in [1.807, 2.05) is 30.3 Å². The summed E-state index contributed by atoms with van der Waals surface area (Å²) in [4.78, 5) is 11.7. The van der Waals surface area contributed by atoms with Gasteiger partial charge in [-0.2, -0.15) is 0 Å². The smallest absolute Gasteiger partial charge is 0.160 e. The van der Waals surface area contributed by atoms with Crippen LogP contribution in [-0.2, 0) is 0 Å². The Balaban J connectivity index is 2.73. The number of benzene rings is 2. The quantitative estimate of drug-likeness (QED) is 0.699. The van der Waals surface area contributed by atoms with Crippen LogP contribution in [0.3, 0.4) is 0 Å². The van der Waals surface area contributed by atoms with E-state index >= 15 is 0 Å². The summed E-state index contributed by atoms with van der Waals surface area (Å²) < 4.78 is 0. The van der Waals surface area contributed by atoms with Gasteiger partial charge in [0.2, 0.25) is 0 Å². The lowest BCUT2D eigenvalue weighted by atomic mass is 9.91. The summed E-state index contributed by atoms with van der Waals surface area (Å²) >= 11 is 0. The second-order valence-electron chi connectivity index (χ2n) is 4.37. The average Bonchev–Trinajstić information content (AvgIpc) is 2.29. The molecular formula is C16H16O. The van der Waals surface area contributed by atoms with Crippen LogP contribution in [0.2, 0.25) is 0 Å². The highest BCUT2D eigenvalue weighted by molar-refractivity contribution is 6.01. The van der Waals surface area contributed by atoms with E-state index in [2.05, 4.69) is 26.0 Å². The second kappa shape index (κ2) is 4.54. The lowest BCUT2D eigenvalue weighted by molar-refractivity contribution is 0.101. The monoisotopic (exact) mass is 224 g/mol. The van der Waals surface area contributed by atoms with Gasteiger partial charge in [-0.3, -0.25) is 4.79 Å². The molecule has 86 valence electrons. The molecule has 1 nitrogen and oxygen atoms in total. The Bertz CT molecular complexity index is 547. The molecule has 0 spiro atoms. The maximum absolute atomic E-state index is 11.7. The highest BCUT2D eigenvalue weighted by Gasteiger charge is 2.11. The number of carbonyl (C=O) groups is 1. The zero-order chi connectivity index (χ0) is 12.4. The minimum Gasteiger partial charge on any atom is -0.294 e. The van der Waals surface area contributed by atoms with Crippen molar-refractivity contribution < 1.29 is 4.79 Å². The van der Waals surface area contributed by atoms with Crippen LogP contribution in [-0.4, -0.2) is 5.78 Å². The van der Waals surface area contributed by atoms with Crippen LogP contribution in [0.25, 0.3) is 11.1 Å². The number of hydrogen-bond acceptors (Lipinski definition) is 1. The fourth-order valence-electron chi connectivity index (χ4n) is 2.25. The first kappa shape index (κ1) is 11.6. The third-order valence-corrected chi connectivity index (χ3v) is 3.06. The second-order valence-corrected chi connectivity index (χ2v) is 4.37. The predicted molar refractivity (Wildman–Crippen MR) is 71.4 cm³/mol. The summed E-state index contributed by atoms with van der Waals surface area (Å²) in [6.45, 7) is 5.78. The van der Waals surface area contributed by atoms with E-state index in [9.17, 15) is 4.79 Å². The Kier molecular flexibility index (Phi) is 3.10. The summed E-state index contributed by atoms with van der Waals surface area (Å²) in [5.74, 6) is 0.114. The van der Waals surface area contributed by atoms with Crippen LogP contribution in [0.5, 0.6) is 0 Å². The highest BCUT2D eigenvalue weighted by atomic mass is 16.1. The maximum atomic E-state index is 11.7. The van der Waals surface area contributed by atoms with Crippen molar-refractivity contribution in [1.29, 1.82) is 0 Å². The first-order chi connectivity index (χ1) is 8.11. The van der Waals surface area contributed by atoms with Crippen molar-refractivity contribution in [2.24, 2.45) is 0 Å². The Hall–Kier alpha value is -1.89. The van der Waals surface area contributed by atoms with Gasteiger partial charge in [-0.1, -0.05) is 42.5 Å². The van der Waals surface area contributed by atoms with E-state index in [1.54, 1.807) is 6.92 Å².